The van der Waals surface area contributed by atoms with E-state index in [1.54, 1.807) is 6.07 Å². The summed E-state index contributed by atoms with van der Waals surface area (Å²) in [5.74, 6) is 0.0541. The van der Waals surface area contributed by atoms with Crippen molar-refractivity contribution in [1.29, 1.82) is 0 Å². The second-order valence-corrected chi connectivity index (χ2v) is 7.92. The minimum Gasteiger partial charge on any atom is -0.323 e. The Bertz CT molecular complexity index is 1000. The Morgan fingerprint density at radius 2 is 1.85 bits per heavy atom. The Morgan fingerprint density at radius 1 is 1.08 bits per heavy atom. The minimum atomic E-state index is -0.172. The van der Waals surface area contributed by atoms with Crippen molar-refractivity contribution in [3.8, 4) is 0 Å². The van der Waals surface area contributed by atoms with Crippen molar-refractivity contribution < 1.29 is 4.79 Å². The lowest BCUT2D eigenvalue weighted by Gasteiger charge is -2.11. The molecule has 134 valence electrons. The number of amides is 1. The van der Waals surface area contributed by atoms with Gasteiger partial charge in [0.2, 0.25) is 5.91 Å². The standard InChI is InChI=1S/C20H18Cl2N2OS/c1-11-7-8-15(21)20(18(11)22)23-16(25)10-26-17-9-13(3)14-6-4-5-12(2)19(14)24-17/h4-9H,10H2,1-3H3,(H,23,25). The molecule has 0 spiro atoms. The van der Waals surface area contributed by atoms with E-state index in [-0.39, 0.29) is 11.7 Å². The Kier molecular flexibility index (Phi) is 5.76. The van der Waals surface area contributed by atoms with Crippen LogP contribution in [-0.2, 0) is 4.79 Å². The molecule has 0 fully saturated rings. The molecule has 3 rings (SSSR count). The summed E-state index contributed by atoms with van der Waals surface area (Å²) >= 11 is 13.8. The highest BCUT2D eigenvalue weighted by Gasteiger charge is 2.13. The van der Waals surface area contributed by atoms with Crippen LogP contribution >= 0.6 is 35.0 Å². The average molecular weight is 405 g/mol. The molecule has 6 heteroatoms. The quantitative estimate of drug-likeness (QED) is 0.526. The number of nitrogens with one attached hydrogen (secondary N) is 1. The maximum atomic E-state index is 12.3. The number of aromatic nitrogens is 1. The maximum absolute atomic E-state index is 12.3. The van der Waals surface area contributed by atoms with Gasteiger partial charge < -0.3 is 5.32 Å². The first-order chi connectivity index (χ1) is 12.4. The molecule has 2 aromatic carbocycles. The SMILES string of the molecule is Cc1ccc(Cl)c(NC(=O)CSc2cc(C)c3cccc(C)c3n2)c1Cl. The Hall–Kier alpha value is -1.75. The molecule has 0 saturated carbocycles. The number of para-hydroxylation sites is 1. The van der Waals surface area contributed by atoms with Gasteiger partial charge in [-0.1, -0.05) is 59.2 Å². The number of hydrogen-bond acceptors (Lipinski definition) is 3. The molecule has 0 aliphatic heterocycles. The van der Waals surface area contributed by atoms with Gasteiger partial charge in [-0.15, -0.1) is 0 Å². The zero-order valence-corrected chi connectivity index (χ0v) is 17.0. The first kappa shape index (κ1) is 19.0. The summed E-state index contributed by atoms with van der Waals surface area (Å²) in [5, 5.41) is 5.65. The number of fused-ring (bicyclic) bond motifs is 1. The molecule has 1 N–H and O–H groups in total. The summed E-state index contributed by atoms with van der Waals surface area (Å²) in [7, 11) is 0. The van der Waals surface area contributed by atoms with Gasteiger partial charge in [0.15, 0.2) is 0 Å². The number of rotatable bonds is 4. The normalized spacial score (nSPS) is 11.0. The number of anilines is 1. The first-order valence-electron chi connectivity index (χ1n) is 8.11. The fourth-order valence-corrected chi connectivity index (χ4v) is 3.92. The van der Waals surface area contributed by atoms with Gasteiger partial charge in [-0.25, -0.2) is 4.98 Å². The molecule has 3 nitrogen and oxygen atoms in total. The van der Waals surface area contributed by atoms with Crippen molar-refractivity contribution in [2.75, 3.05) is 11.1 Å². The summed E-state index contributed by atoms with van der Waals surface area (Å²) in [4.78, 5) is 17.0. The first-order valence-corrected chi connectivity index (χ1v) is 9.85. The number of carbonyl (C=O) groups is 1. The van der Waals surface area contributed by atoms with Gasteiger partial charge in [0, 0.05) is 5.39 Å². The van der Waals surface area contributed by atoms with E-state index in [9.17, 15) is 4.79 Å². The number of halogens is 2. The highest BCUT2D eigenvalue weighted by molar-refractivity contribution is 7.99. The minimum absolute atomic E-state index is 0.172. The van der Waals surface area contributed by atoms with Crippen LogP contribution in [0.25, 0.3) is 10.9 Å². The van der Waals surface area contributed by atoms with E-state index in [1.165, 1.54) is 11.8 Å². The molecule has 0 saturated heterocycles. The summed E-state index contributed by atoms with van der Waals surface area (Å²) in [5.41, 5.74) is 4.56. The molecule has 1 aromatic heterocycles. The third kappa shape index (κ3) is 3.98. The molecule has 0 atom stereocenters. The summed E-state index contributed by atoms with van der Waals surface area (Å²) < 4.78 is 0. The van der Waals surface area contributed by atoms with Crippen molar-refractivity contribution in [3.05, 3.63) is 63.1 Å². The van der Waals surface area contributed by atoms with Gasteiger partial charge in [-0.3, -0.25) is 4.79 Å². The van der Waals surface area contributed by atoms with Gasteiger partial charge >= 0.3 is 0 Å². The third-order valence-electron chi connectivity index (χ3n) is 4.12. The van der Waals surface area contributed by atoms with Gasteiger partial charge in [0.1, 0.15) is 0 Å². The summed E-state index contributed by atoms with van der Waals surface area (Å²) in [6.45, 7) is 5.96. The van der Waals surface area contributed by atoms with Crippen molar-refractivity contribution >= 4 is 57.5 Å². The smallest absolute Gasteiger partial charge is 0.234 e. The highest BCUT2D eigenvalue weighted by atomic mass is 35.5. The number of aryl methyl sites for hydroxylation is 3. The Labute approximate surface area is 167 Å². The number of thioether (sulfide) groups is 1. The fourth-order valence-electron chi connectivity index (χ4n) is 2.69. The van der Waals surface area contributed by atoms with Crippen LogP contribution in [0.3, 0.4) is 0 Å². The van der Waals surface area contributed by atoms with E-state index >= 15 is 0 Å². The van der Waals surface area contributed by atoms with Crippen LogP contribution in [0.1, 0.15) is 16.7 Å². The van der Waals surface area contributed by atoms with Crippen molar-refractivity contribution in [3.63, 3.8) is 0 Å². The molecule has 0 bridgehead atoms. The third-order valence-corrected chi connectivity index (χ3v) is 5.84. The molecule has 3 aromatic rings. The number of pyridine rings is 1. The van der Waals surface area contributed by atoms with Crippen LogP contribution in [0.2, 0.25) is 10.0 Å². The van der Waals surface area contributed by atoms with Crippen LogP contribution in [0, 0.1) is 20.8 Å². The lowest BCUT2D eigenvalue weighted by Crippen LogP contribution is -2.15. The van der Waals surface area contributed by atoms with E-state index in [2.05, 4.69) is 18.3 Å². The lowest BCUT2D eigenvalue weighted by atomic mass is 10.1. The van der Waals surface area contributed by atoms with Crippen molar-refractivity contribution in [1.82, 2.24) is 4.98 Å². The molecular formula is C20H18Cl2N2OS. The fraction of sp³-hybridized carbons (Fsp3) is 0.200. The lowest BCUT2D eigenvalue weighted by molar-refractivity contribution is -0.113. The van der Waals surface area contributed by atoms with Crippen molar-refractivity contribution in [2.24, 2.45) is 0 Å². The second-order valence-electron chi connectivity index (χ2n) is 6.14. The molecule has 26 heavy (non-hydrogen) atoms. The zero-order chi connectivity index (χ0) is 18.8. The van der Waals surface area contributed by atoms with Crippen LogP contribution in [0.4, 0.5) is 5.69 Å². The van der Waals surface area contributed by atoms with Gasteiger partial charge in [-0.05, 0) is 49.6 Å². The molecule has 0 aliphatic rings. The van der Waals surface area contributed by atoms with Crippen LogP contribution in [0.15, 0.2) is 41.4 Å². The van der Waals surface area contributed by atoms with E-state index in [0.29, 0.717) is 15.7 Å². The second kappa shape index (κ2) is 7.87. The van der Waals surface area contributed by atoms with Crippen LogP contribution in [0.5, 0.6) is 0 Å². The van der Waals surface area contributed by atoms with E-state index < -0.39 is 0 Å². The van der Waals surface area contributed by atoms with E-state index in [0.717, 1.165) is 32.6 Å². The number of nitrogens with zero attached hydrogens (tertiary/aromatic N) is 1. The maximum Gasteiger partial charge on any atom is 0.234 e. The molecule has 0 unspecified atom stereocenters. The molecule has 0 aliphatic carbocycles. The predicted octanol–water partition coefficient (Wildman–Crippen LogP) is 6.20. The van der Waals surface area contributed by atoms with Gasteiger partial charge in [-0.2, -0.15) is 0 Å². The molecule has 1 heterocycles. The van der Waals surface area contributed by atoms with Crippen LogP contribution in [-0.4, -0.2) is 16.6 Å². The Balaban J connectivity index is 1.75. The van der Waals surface area contributed by atoms with Gasteiger partial charge in [0.05, 0.1) is 32.0 Å². The van der Waals surface area contributed by atoms with Crippen molar-refractivity contribution in [2.45, 2.75) is 25.8 Å². The van der Waals surface area contributed by atoms with E-state index in [1.807, 2.05) is 38.1 Å². The zero-order valence-electron chi connectivity index (χ0n) is 14.7. The summed E-state index contributed by atoms with van der Waals surface area (Å²) in [6.07, 6.45) is 0. The molecular weight excluding hydrogens is 387 g/mol. The predicted molar refractivity (Wildman–Crippen MR) is 112 cm³/mol. The highest BCUT2D eigenvalue weighted by Crippen LogP contribution is 2.33. The monoisotopic (exact) mass is 404 g/mol. The number of hydrogen-bond donors (Lipinski definition) is 1. The topological polar surface area (TPSA) is 42.0 Å². The average Bonchev–Trinajstić information content (AvgIpc) is 2.61. The van der Waals surface area contributed by atoms with E-state index in [4.69, 9.17) is 28.2 Å². The number of benzene rings is 2. The number of carbonyl (C=O) groups excluding carboxylic acids is 1. The van der Waals surface area contributed by atoms with Gasteiger partial charge in [0.25, 0.3) is 0 Å². The summed E-state index contributed by atoms with van der Waals surface area (Å²) in [6, 6.07) is 11.7. The molecule has 0 radical (unpaired) electrons. The van der Waals surface area contributed by atoms with Crippen LogP contribution < -0.4 is 5.32 Å². The largest absolute Gasteiger partial charge is 0.323 e. The molecule has 1 amide bonds. The Morgan fingerprint density at radius 3 is 2.62 bits per heavy atom.